The molecule has 0 aliphatic carbocycles. The Kier molecular flexibility index (Phi) is 2.69. The van der Waals surface area contributed by atoms with Gasteiger partial charge in [0.05, 0.1) is 6.04 Å². The molecule has 1 aromatic heterocycles. The van der Waals surface area contributed by atoms with Crippen molar-refractivity contribution in [2.24, 2.45) is 0 Å². The molecule has 2 aromatic rings. The van der Waals surface area contributed by atoms with Crippen LogP contribution in [-0.2, 0) is 0 Å². The van der Waals surface area contributed by atoms with Crippen molar-refractivity contribution in [1.82, 2.24) is 5.32 Å². The van der Waals surface area contributed by atoms with Crippen molar-refractivity contribution in [2.45, 2.75) is 25.3 Å². The van der Waals surface area contributed by atoms with Gasteiger partial charge >= 0.3 is 0 Å². The van der Waals surface area contributed by atoms with Gasteiger partial charge < -0.3 is 9.73 Å². The Morgan fingerprint density at radius 2 is 2.18 bits per heavy atom. The van der Waals surface area contributed by atoms with Gasteiger partial charge in [0.15, 0.2) is 5.76 Å². The van der Waals surface area contributed by atoms with E-state index in [1.54, 1.807) is 0 Å². The van der Waals surface area contributed by atoms with Gasteiger partial charge in [0.25, 0.3) is 0 Å². The summed E-state index contributed by atoms with van der Waals surface area (Å²) < 4.78 is 5.59. The summed E-state index contributed by atoms with van der Waals surface area (Å²) in [6.07, 6.45) is 3.18. The zero-order valence-corrected chi connectivity index (χ0v) is 9.61. The number of hydrogen-bond acceptors (Lipinski definition) is 3. The van der Waals surface area contributed by atoms with Crippen LogP contribution in [-0.4, -0.2) is 18.4 Å². The second-order valence-electron chi connectivity index (χ2n) is 4.52. The van der Waals surface area contributed by atoms with Gasteiger partial charge in [-0.1, -0.05) is 24.6 Å². The fourth-order valence-corrected chi connectivity index (χ4v) is 2.35. The van der Waals surface area contributed by atoms with Crippen LogP contribution in [0.25, 0.3) is 11.0 Å². The zero-order valence-electron chi connectivity index (χ0n) is 9.61. The first-order valence-electron chi connectivity index (χ1n) is 6.11. The highest BCUT2D eigenvalue weighted by molar-refractivity contribution is 6.00. The quantitative estimate of drug-likeness (QED) is 0.805. The summed E-state index contributed by atoms with van der Waals surface area (Å²) in [5, 5.41) is 4.24. The average molecular weight is 229 g/mol. The lowest BCUT2D eigenvalue weighted by Gasteiger charge is -2.20. The molecule has 1 aliphatic heterocycles. The summed E-state index contributed by atoms with van der Waals surface area (Å²) in [5.41, 5.74) is 0.784. The molecule has 17 heavy (non-hydrogen) atoms. The molecule has 1 fully saturated rings. The van der Waals surface area contributed by atoms with Crippen molar-refractivity contribution in [1.29, 1.82) is 0 Å². The normalized spacial score (nSPS) is 20.6. The molecule has 88 valence electrons. The molecule has 3 rings (SSSR count). The van der Waals surface area contributed by atoms with E-state index in [2.05, 4.69) is 5.32 Å². The maximum Gasteiger partial charge on any atom is 0.214 e. The molecule has 1 aliphatic rings. The lowest BCUT2D eigenvalue weighted by atomic mass is 10.00. The van der Waals surface area contributed by atoms with E-state index >= 15 is 0 Å². The Hall–Kier alpha value is -1.61. The van der Waals surface area contributed by atoms with Crippen molar-refractivity contribution >= 4 is 16.8 Å². The third kappa shape index (κ3) is 1.98. The molecule has 3 nitrogen and oxygen atoms in total. The summed E-state index contributed by atoms with van der Waals surface area (Å²) in [6.45, 7) is 0.927. The molecule has 1 saturated heterocycles. The maximum absolute atomic E-state index is 12.2. The van der Waals surface area contributed by atoms with Gasteiger partial charge in [-0.25, -0.2) is 0 Å². The van der Waals surface area contributed by atoms with Gasteiger partial charge in [-0.2, -0.15) is 0 Å². The molecule has 0 spiro atoms. The molecular weight excluding hydrogens is 214 g/mol. The van der Waals surface area contributed by atoms with Gasteiger partial charge in [0.2, 0.25) is 5.78 Å². The van der Waals surface area contributed by atoms with E-state index in [0.717, 1.165) is 36.8 Å². The maximum atomic E-state index is 12.2. The third-order valence-corrected chi connectivity index (χ3v) is 3.30. The number of furan rings is 1. The highest BCUT2D eigenvalue weighted by Gasteiger charge is 2.24. The van der Waals surface area contributed by atoms with E-state index < -0.39 is 0 Å². The van der Waals surface area contributed by atoms with Crippen molar-refractivity contribution < 1.29 is 9.21 Å². The van der Waals surface area contributed by atoms with E-state index in [4.69, 9.17) is 4.42 Å². The first-order chi connectivity index (χ1) is 8.34. The van der Waals surface area contributed by atoms with Crippen molar-refractivity contribution in [3.63, 3.8) is 0 Å². The molecule has 1 atom stereocenters. The summed E-state index contributed by atoms with van der Waals surface area (Å²) in [6, 6.07) is 9.49. The second kappa shape index (κ2) is 4.34. The SMILES string of the molecule is O=C(c1cc2ccccc2o1)C1CCCCN1. The first-order valence-corrected chi connectivity index (χ1v) is 6.11. The molecular formula is C14H15NO2. The summed E-state index contributed by atoms with van der Waals surface area (Å²) in [4.78, 5) is 12.2. The topological polar surface area (TPSA) is 42.2 Å². The Morgan fingerprint density at radius 1 is 1.29 bits per heavy atom. The number of carbonyl (C=O) groups is 1. The number of fused-ring (bicyclic) bond motifs is 1. The lowest BCUT2D eigenvalue weighted by Crippen LogP contribution is -2.40. The standard InChI is InChI=1S/C14H15NO2/c16-14(11-6-3-4-8-15-11)13-9-10-5-1-2-7-12(10)17-13/h1-2,5,7,9,11,15H,3-4,6,8H2. The van der Waals surface area contributed by atoms with Crippen molar-refractivity contribution in [3.05, 3.63) is 36.1 Å². The van der Waals surface area contributed by atoms with Crippen LogP contribution in [0.4, 0.5) is 0 Å². The second-order valence-corrected chi connectivity index (χ2v) is 4.52. The van der Waals surface area contributed by atoms with Gasteiger partial charge in [-0.15, -0.1) is 0 Å². The predicted octanol–water partition coefficient (Wildman–Crippen LogP) is 2.76. The van der Waals surface area contributed by atoms with Crippen molar-refractivity contribution in [3.8, 4) is 0 Å². The highest BCUT2D eigenvalue weighted by Crippen LogP contribution is 2.21. The molecule has 0 bridgehead atoms. The minimum absolute atomic E-state index is 0.0655. The zero-order chi connectivity index (χ0) is 11.7. The number of hydrogen-bond donors (Lipinski definition) is 1. The van der Waals surface area contributed by atoms with E-state index in [0.29, 0.717) is 5.76 Å². The highest BCUT2D eigenvalue weighted by atomic mass is 16.3. The number of carbonyl (C=O) groups excluding carboxylic acids is 1. The monoisotopic (exact) mass is 229 g/mol. The fourth-order valence-electron chi connectivity index (χ4n) is 2.35. The summed E-state index contributed by atoms with van der Waals surface area (Å²) in [7, 11) is 0. The minimum atomic E-state index is -0.0655. The molecule has 2 heterocycles. The van der Waals surface area contributed by atoms with Crippen LogP contribution < -0.4 is 5.32 Å². The number of benzene rings is 1. The third-order valence-electron chi connectivity index (χ3n) is 3.30. The van der Waals surface area contributed by atoms with Crippen LogP contribution in [0.2, 0.25) is 0 Å². The molecule has 0 saturated carbocycles. The van der Waals surface area contributed by atoms with Crippen molar-refractivity contribution in [2.75, 3.05) is 6.54 Å². The van der Waals surface area contributed by atoms with Gasteiger partial charge in [0.1, 0.15) is 5.58 Å². The van der Waals surface area contributed by atoms with Crippen LogP contribution >= 0.6 is 0 Å². The Balaban J connectivity index is 1.89. The van der Waals surface area contributed by atoms with Gasteiger partial charge in [-0.05, 0) is 31.5 Å². The number of Topliss-reactive ketones (excluding diaryl/α,β-unsaturated/α-hetero) is 1. The lowest BCUT2D eigenvalue weighted by molar-refractivity contribution is 0.0901. The van der Waals surface area contributed by atoms with Crippen LogP contribution in [0.3, 0.4) is 0 Å². The Bertz CT molecular complexity index is 505. The molecule has 0 radical (unpaired) electrons. The number of ketones is 1. The van der Waals surface area contributed by atoms with Gasteiger partial charge in [0, 0.05) is 5.39 Å². The summed E-state index contributed by atoms with van der Waals surface area (Å²) >= 11 is 0. The smallest absolute Gasteiger partial charge is 0.214 e. The van der Waals surface area contributed by atoms with E-state index in [1.807, 2.05) is 30.3 Å². The first kappa shape index (κ1) is 10.5. The minimum Gasteiger partial charge on any atom is -0.453 e. The van der Waals surface area contributed by atoms with Crippen LogP contribution in [0.5, 0.6) is 0 Å². The Morgan fingerprint density at radius 3 is 2.94 bits per heavy atom. The molecule has 0 amide bonds. The number of rotatable bonds is 2. The van der Waals surface area contributed by atoms with E-state index in [9.17, 15) is 4.79 Å². The van der Waals surface area contributed by atoms with Crippen LogP contribution in [0, 0.1) is 0 Å². The summed E-state index contributed by atoms with van der Waals surface area (Å²) in [5.74, 6) is 0.562. The van der Waals surface area contributed by atoms with Crippen LogP contribution in [0.15, 0.2) is 34.7 Å². The predicted molar refractivity (Wildman–Crippen MR) is 66.2 cm³/mol. The largest absolute Gasteiger partial charge is 0.453 e. The van der Waals surface area contributed by atoms with E-state index in [1.165, 1.54) is 0 Å². The number of nitrogens with one attached hydrogen (secondary N) is 1. The molecule has 1 aromatic carbocycles. The van der Waals surface area contributed by atoms with Gasteiger partial charge in [-0.3, -0.25) is 4.79 Å². The molecule has 1 N–H and O–H groups in total. The molecule has 3 heteroatoms. The Labute approximate surface area is 99.8 Å². The number of piperidine rings is 1. The fraction of sp³-hybridized carbons (Fsp3) is 0.357. The molecule has 1 unspecified atom stereocenters. The van der Waals surface area contributed by atoms with E-state index in [-0.39, 0.29) is 11.8 Å². The van der Waals surface area contributed by atoms with Crippen LogP contribution in [0.1, 0.15) is 29.8 Å². The average Bonchev–Trinajstić information content (AvgIpc) is 2.82. The number of para-hydroxylation sites is 1.